The molecule has 0 heterocycles. The molecule has 0 aliphatic heterocycles. The van der Waals surface area contributed by atoms with Gasteiger partial charge in [0.15, 0.2) is 0 Å². The lowest BCUT2D eigenvalue weighted by Gasteiger charge is -2.18. The second kappa shape index (κ2) is 7.20. The number of halogens is 1. The Bertz CT molecular complexity index is 533. The van der Waals surface area contributed by atoms with Gasteiger partial charge < -0.3 is 5.32 Å². The van der Waals surface area contributed by atoms with Crippen molar-refractivity contribution in [3.8, 4) is 0 Å². The van der Waals surface area contributed by atoms with E-state index in [4.69, 9.17) is 0 Å². The van der Waals surface area contributed by atoms with E-state index in [1.54, 1.807) is 12.1 Å². The average Bonchev–Trinajstić information content (AvgIpc) is 2.44. The standard InChI is InChI=1S/C18H22FN/c1-14-5-3-4-6-17(14)12-16(13-20-2)11-15-7-9-18(19)10-8-15/h3-10,16,20H,11-13H2,1-2H3. The summed E-state index contributed by atoms with van der Waals surface area (Å²) in [6, 6.07) is 15.4. The molecule has 2 heteroatoms. The van der Waals surface area contributed by atoms with Crippen LogP contribution in [0.3, 0.4) is 0 Å². The molecule has 20 heavy (non-hydrogen) atoms. The molecule has 1 atom stereocenters. The third-order valence-corrected chi connectivity index (χ3v) is 3.70. The molecule has 0 radical (unpaired) electrons. The van der Waals surface area contributed by atoms with Crippen molar-refractivity contribution >= 4 is 0 Å². The number of nitrogens with one attached hydrogen (secondary N) is 1. The quantitative estimate of drug-likeness (QED) is 0.843. The first-order valence-electron chi connectivity index (χ1n) is 7.12. The van der Waals surface area contributed by atoms with Gasteiger partial charge >= 0.3 is 0 Å². The topological polar surface area (TPSA) is 12.0 Å². The van der Waals surface area contributed by atoms with Gasteiger partial charge in [-0.1, -0.05) is 36.4 Å². The summed E-state index contributed by atoms with van der Waals surface area (Å²) in [4.78, 5) is 0. The van der Waals surface area contributed by atoms with Crippen LogP contribution in [-0.4, -0.2) is 13.6 Å². The largest absolute Gasteiger partial charge is 0.319 e. The van der Waals surface area contributed by atoms with E-state index in [0.717, 1.165) is 19.4 Å². The molecule has 0 bridgehead atoms. The van der Waals surface area contributed by atoms with Crippen LogP contribution in [0.4, 0.5) is 4.39 Å². The van der Waals surface area contributed by atoms with Crippen molar-refractivity contribution in [3.63, 3.8) is 0 Å². The van der Waals surface area contributed by atoms with Crippen molar-refractivity contribution in [1.82, 2.24) is 5.32 Å². The molecule has 1 nitrogen and oxygen atoms in total. The van der Waals surface area contributed by atoms with E-state index >= 15 is 0 Å². The molecule has 0 amide bonds. The molecule has 2 aromatic rings. The zero-order valence-corrected chi connectivity index (χ0v) is 12.2. The summed E-state index contributed by atoms with van der Waals surface area (Å²) in [5, 5.41) is 3.27. The van der Waals surface area contributed by atoms with Crippen molar-refractivity contribution in [2.45, 2.75) is 19.8 Å². The summed E-state index contributed by atoms with van der Waals surface area (Å²) in [6.45, 7) is 3.12. The van der Waals surface area contributed by atoms with Crippen molar-refractivity contribution in [2.24, 2.45) is 5.92 Å². The molecule has 0 aliphatic rings. The van der Waals surface area contributed by atoms with Crippen molar-refractivity contribution in [1.29, 1.82) is 0 Å². The Kier molecular flexibility index (Phi) is 5.31. The predicted molar refractivity (Wildman–Crippen MR) is 82.4 cm³/mol. The third kappa shape index (κ3) is 4.17. The summed E-state index contributed by atoms with van der Waals surface area (Å²) in [5.74, 6) is 0.351. The SMILES string of the molecule is CNCC(Cc1ccc(F)cc1)Cc1ccccc1C. The molecular weight excluding hydrogens is 249 g/mol. The maximum absolute atomic E-state index is 13.0. The lowest BCUT2D eigenvalue weighted by Crippen LogP contribution is -2.23. The smallest absolute Gasteiger partial charge is 0.123 e. The van der Waals surface area contributed by atoms with Crippen LogP contribution < -0.4 is 5.32 Å². The summed E-state index contributed by atoms with van der Waals surface area (Å²) in [7, 11) is 1.98. The summed E-state index contributed by atoms with van der Waals surface area (Å²) in [5.41, 5.74) is 3.93. The van der Waals surface area contributed by atoms with Crippen molar-refractivity contribution in [2.75, 3.05) is 13.6 Å². The molecule has 0 aliphatic carbocycles. The number of benzene rings is 2. The second-order valence-corrected chi connectivity index (χ2v) is 5.38. The van der Waals surface area contributed by atoms with Crippen molar-refractivity contribution < 1.29 is 4.39 Å². The Labute approximate surface area is 120 Å². The number of hydrogen-bond donors (Lipinski definition) is 1. The fourth-order valence-corrected chi connectivity index (χ4v) is 2.61. The van der Waals surface area contributed by atoms with E-state index in [1.165, 1.54) is 16.7 Å². The highest BCUT2D eigenvalue weighted by molar-refractivity contribution is 5.26. The highest BCUT2D eigenvalue weighted by Crippen LogP contribution is 2.17. The lowest BCUT2D eigenvalue weighted by molar-refractivity contribution is 0.492. The molecule has 0 fully saturated rings. The molecule has 0 spiro atoms. The van der Waals surface area contributed by atoms with Crippen LogP contribution in [0, 0.1) is 18.7 Å². The van der Waals surface area contributed by atoms with Crippen LogP contribution in [0.1, 0.15) is 16.7 Å². The Balaban J connectivity index is 2.07. The maximum Gasteiger partial charge on any atom is 0.123 e. The molecule has 1 N–H and O–H groups in total. The van der Waals surface area contributed by atoms with Gasteiger partial charge in [-0.3, -0.25) is 0 Å². The minimum absolute atomic E-state index is 0.169. The number of rotatable bonds is 6. The van der Waals surface area contributed by atoms with Gasteiger partial charge in [-0.15, -0.1) is 0 Å². The van der Waals surface area contributed by atoms with Gasteiger partial charge in [0.2, 0.25) is 0 Å². The third-order valence-electron chi connectivity index (χ3n) is 3.70. The Morgan fingerprint density at radius 1 is 1.00 bits per heavy atom. The van der Waals surface area contributed by atoms with Gasteiger partial charge in [0.05, 0.1) is 0 Å². The highest BCUT2D eigenvalue weighted by Gasteiger charge is 2.11. The van der Waals surface area contributed by atoms with Crippen LogP contribution in [0.2, 0.25) is 0 Å². The zero-order valence-electron chi connectivity index (χ0n) is 12.2. The van der Waals surface area contributed by atoms with Crippen molar-refractivity contribution in [3.05, 3.63) is 71.0 Å². The fraction of sp³-hybridized carbons (Fsp3) is 0.333. The molecule has 0 saturated heterocycles. The van der Waals surface area contributed by atoms with Gasteiger partial charge in [-0.25, -0.2) is 4.39 Å². The second-order valence-electron chi connectivity index (χ2n) is 5.38. The van der Waals surface area contributed by atoms with E-state index < -0.39 is 0 Å². The van der Waals surface area contributed by atoms with E-state index in [1.807, 2.05) is 19.2 Å². The lowest BCUT2D eigenvalue weighted by atomic mass is 9.91. The highest BCUT2D eigenvalue weighted by atomic mass is 19.1. The van der Waals surface area contributed by atoms with Crippen LogP contribution in [0.5, 0.6) is 0 Å². The predicted octanol–water partition coefficient (Wildman–Crippen LogP) is 3.75. The van der Waals surface area contributed by atoms with Gasteiger partial charge in [0, 0.05) is 0 Å². The number of aryl methyl sites for hydroxylation is 1. The van der Waals surface area contributed by atoms with Gasteiger partial charge in [0.25, 0.3) is 0 Å². The van der Waals surface area contributed by atoms with E-state index in [2.05, 4.69) is 36.5 Å². The van der Waals surface area contributed by atoms with E-state index in [-0.39, 0.29) is 5.82 Å². The number of hydrogen-bond acceptors (Lipinski definition) is 1. The fourth-order valence-electron chi connectivity index (χ4n) is 2.61. The van der Waals surface area contributed by atoms with Gasteiger partial charge in [0.1, 0.15) is 5.82 Å². The van der Waals surface area contributed by atoms with E-state index in [9.17, 15) is 4.39 Å². The van der Waals surface area contributed by atoms with E-state index in [0.29, 0.717) is 5.92 Å². The molecule has 0 saturated carbocycles. The molecular formula is C18H22FN. The van der Waals surface area contributed by atoms with Crippen LogP contribution in [0.15, 0.2) is 48.5 Å². The van der Waals surface area contributed by atoms with Crippen LogP contribution in [0.25, 0.3) is 0 Å². The minimum atomic E-state index is -0.169. The molecule has 1 unspecified atom stereocenters. The average molecular weight is 271 g/mol. The maximum atomic E-state index is 13.0. The van der Waals surface area contributed by atoms with Gasteiger partial charge in [-0.05, 0) is 68.1 Å². The molecule has 106 valence electrons. The molecule has 0 aromatic heterocycles. The summed E-state index contributed by atoms with van der Waals surface area (Å²) in [6.07, 6.45) is 2.01. The Morgan fingerprint density at radius 3 is 2.35 bits per heavy atom. The minimum Gasteiger partial charge on any atom is -0.319 e. The Hall–Kier alpha value is -1.67. The Morgan fingerprint density at radius 2 is 1.70 bits per heavy atom. The summed E-state index contributed by atoms with van der Waals surface area (Å²) >= 11 is 0. The van der Waals surface area contributed by atoms with Gasteiger partial charge in [-0.2, -0.15) is 0 Å². The molecule has 2 rings (SSSR count). The monoisotopic (exact) mass is 271 g/mol. The first-order valence-corrected chi connectivity index (χ1v) is 7.12. The first-order chi connectivity index (χ1) is 9.69. The first kappa shape index (κ1) is 14.7. The zero-order chi connectivity index (χ0) is 14.4. The normalized spacial score (nSPS) is 12.3. The van der Waals surface area contributed by atoms with Crippen LogP contribution >= 0.6 is 0 Å². The van der Waals surface area contributed by atoms with Crippen LogP contribution in [-0.2, 0) is 12.8 Å². The summed E-state index contributed by atoms with van der Waals surface area (Å²) < 4.78 is 13.0. The molecule has 2 aromatic carbocycles.